The fraction of sp³-hybridized carbons (Fsp3) is 0.714. The van der Waals surface area contributed by atoms with Crippen molar-refractivity contribution in [2.45, 2.75) is 45.2 Å². The maximum absolute atomic E-state index is 12.4. The third-order valence-electron chi connectivity index (χ3n) is 3.62. The number of likely N-dealkylation sites (tertiary alicyclic amines) is 1. The number of nitrogens with zero attached hydrogens (tertiary/aromatic N) is 3. The molecule has 0 aliphatic carbocycles. The summed E-state index contributed by atoms with van der Waals surface area (Å²) in [7, 11) is 2.13. The molecule has 0 radical (unpaired) electrons. The summed E-state index contributed by atoms with van der Waals surface area (Å²) >= 11 is 0. The maximum atomic E-state index is 12.4. The van der Waals surface area contributed by atoms with Crippen LogP contribution < -0.4 is 10.9 Å². The Morgan fingerprint density at radius 1 is 1.32 bits per heavy atom. The zero-order valence-corrected chi connectivity index (χ0v) is 12.3. The van der Waals surface area contributed by atoms with Crippen molar-refractivity contribution in [3.05, 3.63) is 22.7 Å². The molecule has 0 aromatic carbocycles. The number of piperidine rings is 1. The number of hydrogen-bond acceptors (Lipinski definition) is 4. The number of hydrogen-bond donors (Lipinski definition) is 1. The van der Waals surface area contributed by atoms with E-state index in [-0.39, 0.29) is 11.1 Å². The van der Waals surface area contributed by atoms with Gasteiger partial charge in [0, 0.05) is 24.0 Å². The van der Waals surface area contributed by atoms with Gasteiger partial charge in [-0.15, -0.1) is 0 Å². The lowest BCUT2D eigenvalue weighted by molar-refractivity contribution is 0.263. The van der Waals surface area contributed by atoms with Crippen molar-refractivity contribution in [3.8, 4) is 0 Å². The number of aromatic nitrogens is 2. The van der Waals surface area contributed by atoms with Gasteiger partial charge in [-0.25, -0.2) is 4.98 Å². The predicted molar refractivity (Wildman–Crippen MR) is 77.6 cm³/mol. The van der Waals surface area contributed by atoms with Gasteiger partial charge in [0.25, 0.3) is 5.56 Å². The first kappa shape index (κ1) is 14.1. The lowest BCUT2D eigenvalue weighted by Gasteiger charge is -2.30. The van der Waals surface area contributed by atoms with Crippen LogP contribution in [-0.2, 0) is 5.54 Å². The average Bonchev–Trinajstić information content (AvgIpc) is 2.33. The van der Waals surface area contributed by atoms with Crippen LogP contribution in [0.25, 0.3) is 0 Å². The minimum absolute atomic E-state index is 0.0334. The van der Waals surface area contributed by atoms with Crippen LogP contribution in [0.3, 0.4) is 0 Å². The van der Waals surface area contributed by atoms with Crippen LogP contribution in [0.2, 0.25) is 0 Å². The molecule has 106 valence electrons. The van der Waals surface area contributed by atoms with Gasteiger partial charge >= 0.3 is 0 Å². The Kier molecular flexibility index (Phi) is 3.94. The second-order valence-corrected chi connectivity index (χ2v) is 6.34. The zero-order chi connectivity index (χ0) is 14.0. The van der Waals surface area contributed by atoms with Crippen molar-refractivity contribution in [1.29, 1.82) is 0 Å². The molecule has 0 bridgehead atoms. The van der Waals surface area contributed by atoms with Crippen LogP contribution in [-0.4, -0.2) is 40.6 Å². The van der Waals surface area contributed by atoms with Gasteiger partial charge in [0.15, 0.2) is 5.82 Å². The van der Waals surface area contributed by atoms with E-state index in [9.17, 15) is 4.79 Å². The number of nitrogens with one attached hydrogen (secondary N) is 1. The van der Waals surface area contributed by atoms with Gasteiger partial charge in [-0.05, 0) is 53.8 Å². The minimum atomic E-state index is -0.219. The molecule has 1 aromatic rings. The summed E-state index contributed by atoms with van der Waals surface area (Å²) in [5.41, 5.74) is -0.252. The molecular weight excluding hydrogens is 240 g/mol. The molecule has 1 N–H and O–H groups in total. The Bertz CT molecular complexity index is 481. The van der Waals surface area contributed by atoms with Gasteiger partial charge in [0.05, 0.1) is 0 Å². The summed E-state index contributed by atoms with van der Waals surface area (Å²) < 4.78 is 1.73. The standard InChI is InChI=1S/C14H24N4O/c1-14(2,3)18-10-7-15-12(13(18)19)16-11-5-8-17(4)9-6-11/h7,10-11H,5-6,8-9H2,1-4H3,(H,15,16). The fourth-order valence-electron chi connectivity index (χ4n) is 2.39. The molecule has 2 heterocycles. The van der Waals surface area contributed by atoms with Crippen molar-refractivity contribution >= 4 is 5.82 Å². The summed E-state index contributed by atoms with van der Waals surface area (Å²) in [6.07, 6.45) is 5.57. The van der Waals surface area contributed by atoms with Crippen LogP contribution in [0.4, 0.5) is 5.82 Å². The zero-order valence-electron chi connectivity index (χ0n) is 12.3. The average molecular weight is 264 g/mol. The van der Waals surface area contributed by atoms with Gasteiger partial charge in [-0.3, -0.25) is 4.79 Å². The van der Waals surface area contributed by atoms with E-state index in [0.29, 0.717) is 11.9 Å². The summed E-state index contributed by atoms with van der Waals surface area (Å²) in [5, 5.41) is 3.31. The first-order valence-electron chi connectivity index (χ1n) is 6.91. The minimum Gasteiger partial charge on any atom is -0.363 e. The number of anilines is 1. The van der Waals surface area contributed by atoms with Gasteiger partial charge in [0.1, 0.15) is 0 Å². The largest absolute Gasteiger partial charge is 0.363 e. The Morgan fingerprint density at radius 3 is 2.53 bits per heavy atom. The van der Waals surface area contributed by atoms with Gasteiger partial charge in [-0.2, -0.15) is 0 Å². The third kappa shape index (κ3) is 3.35. The summed E-state index contributed by atoms with van der Waals surface area (Å²) in [6.45, 7) is 8.20. The fourth-order valence-corrected chi connectivity index (χ4v) is 2.39. The molecule has 5 heteroatoms. The van der Waals surface area contributed by atoms with Crippen LogP contribution in [0.15, 0.2) is 17.2 Å². The summed E-state index contributed by atoms with van der Waals surface area (Å²) in [4.78, 5) is 18.9. The van der Waals surface area contributed by atoms with E-state index in [0.717, 1.165) is 25.9 Å². The van der Waals surface area contributed by atoms with Crippen molar-refractivity contribution in [1.82, 2.24) is 14.5 Å². The van der Waals surface area contributed by atoms with E-state index >= 15 is 0 Å². The second-order valence-electron chi connectivity index (χ2n) is 6.34. The molecule has 0 unspecified atom stereocenters. The molecule has 1 fully saturated rings. The molecule has 0 amide bonds. The highest BCUT2D eigenvalue weighted by Crippen LogP contribution is 2.14. The maximum Gasteiger partial charge on any atom is 0.293 e. The highest BCUT2D eigenvalue weighted by atomic mass is 16.1. The van der Waals surface area contributed by atoms with E-state index in [1.54, 1.807) is 17.0 Å². The van der Waals surface area contributed by atoms with E-state index < -0.39 is 0 Å². The molecule has 1 aromatic heterocycles. The first-order chi connectivity index (χ1) is 8.88. The molecule has 19 heavy (non-hydrogen) atoms. The Labute approximate surface area is 114 Å². The topological polar surface area (TPSA) is 50.2 Å². The Morgan fingerprint density at radius 2 is 1.95 bits per heavy atom. The molecule has 1 saturated heterocycles. The lowest BCUT2D eigenvalue weighted by atomic mass is 10.1. The predicted octanol–water partition coefficient (Wildman–Crippen LogP) is 1.50. The van der Waals surface area contributed by atoms with Crippen molar-refractivity contribution in [3.63, 3.8) is 0 Å². The normalized spacial score (nSPS) is 18.5. The molecule has 0 atom stereocenters. The second kappa shape index (κ2) is 5.33. The van der Waals surface area contributed by atoms with Crippen molar-refractivity contribution < 1.29 is 0 Å². The summed E-state index contributed by atoms with van der Waals surface area (Å²) in [5.74, 6) is 0.479. The molecule has 5 nitrogen and oxygen atoms in total. The third-order valence-corrected chi connectivity index (χ3v) is 3.62. The SMILES string of the molecule is CN1CCC(Nc2nccn(C(C)(C)C)c2=O)CC1. The van der Waals surface area contributed by atoms with Crippen LogP contribution in [0.1, 0.15) is 33.6 Å². The smallest absolute Gasteiger partial charge is 0.293 e. The van der Waals surface area contributed by atoms with E-state index in [4.69, 9.17) is 0 Å². The van der Waals surface area contributed by atoms with E-state index in [2.05, 4.69) is 22.2 Å². The van der Waals surface area contributed by atoms with Crippen LogP contribution in [0, 0.1) is 0 Å². The van der Waals surface area contributed by atoms with Gasteiger partial charge < -0.3 is 14.8 Å². The molecule has 1 aliphatic rings. The highest BCUT2D eigenvalue weighted by Gasteiger charge is 2.20. The molecular formula is C14H24N4O. The van der Waals surface area contributed by atoms with Gasteiger partial charge in [-0.1, -0.05) is 0 Å². The molecule has 2 rings (SSSR count). The molecule has 0 saturated carbocycles. The van der Waals surface area contributed by atoms with Gasteiger partial charge in [0.2, 0.25) is 0 Å². The van der Waals surface area contributed by atoms with E-state index in [1.165, 1.54) is 0 Å². The quantitative estimate of drug-likeness (QED) is 0.879. The molecule has 0 spiro atoms. The van der Waals surface area contributed by atoms with Crippen LogP contribution >= 0.6 is 0 Å². The van der Waals surface area contributed by atoms with E-state index in [1.807, 2.05) is 20.8 Å². The summed E-state index contributed by atoms with van der Waals surface area (Å²) in [6, 6.07) is 0.354. The number of rotatable bonds is 2. The van der Waals surface area contributed by atoms with Crippen molar-refractivity contribution in [2.75, 3.05) is 25.5 Å². The van der Waals surface area contributed by atoms with Crippen LogP contribution in [0.5, 0.6) is 0 Å². The monoisotopic (exact) mass is 264 g/mol. The lowest BCUT2D eigenvalue weighted by Crippen LogP contribution is -2.40. The molecule has 1 aliphatic heterocycles. The first-order valence-corrected chi connectivity index (χ1v) is 6.91. The highest BCUT2D eigenvalue weighted by molar-refractivity contribution is 5.32. The van der Waals surface area contributed by atoms with Crippen molar-refractivity contribution in [2.24, 2.45) is 0 Å². The Balaban J connectivity index is 2.15. The Hall–Kier alpha value is -1.36.